The number of nitrogens with one attached hydrogen (secondary N) is 4. The van der Waals surface area contributed by atoms with Crippen LogP contribution in [-0.4, -0.2) is 85.6 Å². The number of carbonyl (C=O) groups excluding carboxylic acids is 4. The summed E-state index contributed by atoms with van der Waals surface area (Å²) in [4.78, 5) is 69.7. The Morgan fingerprint density at radius 2 is 0.648 bits per heavy atom. The molecule has 0 radical (unpaired) electrons. The lowest BCUT2D eigenvalue weighted by Gasteiger charge is -2.22. The van der Waals surface area contributed by atoms with Crippen LogP contribution >= 0.6 is 0 Å². The summed E-state index contributed by atoms with van der Waals surface area (Å²) in [5.74, 6) is 0.227. The molecule has 12 heterocycles. The van der Waals surface area contributed by atoms with Crippen molar-refractivity contribution in [1.82, 2.24) is 39.1 Å². The van der Waals surface area contributed by atoms with Crippen LogP contribution < -0.4 is 21.3 Å². The molecule has 4 aromatic carbocycles. The van der Waals surface area contributed by atoms with E-state index >= 15 is 0 Å². The molecule has 12 aromatic rings. The standard InChI is InChI=1S/4C21H20N4O2/c2*1-25-11-16-8-13(3-5-19(16)24-25)21(26)23-17-4-2-14-10-22-20(18(14)9-17)15-6-7-27-12-15;2*1-25-19-5-3-13(8-16(19)11-23-25)21(26)24-17-4-2-14-10-22-20(18(14)9-17)15-6-7-27-12-15/h2*2,4,6-7,9,11-13H,3,5,8,10H2,1H3,(H,23,26);2*2,4,6-7,9,11-13H,3,5,8,10H2,1H3,(H,24,26)/t4*13-/m1010/s1. The van der Waals surface area contributed by atoms with Gasteiger partial charge in [0.1, 0.15) is 0 Å². The van der Waals surface area contributed by atoms with Gasteiger partial charge in [-0.1, -0.05) is 24.3 Å². The smallest absolute Gasteiger partial charge is 0.227 e. The van der Waals surface area contributed by atoms with E-state index in [9.17, 15) is 19.2 Å². The fourth-order valence-corrected chi connectivity index (χ4v) is 16.1. The quantitative estimate of drug-likeness (QED) is 0.0888. The van der Waals surface area contributed by atoms with Gasteiger partial charge < -0.3 is 38.9 Å². The monoisotopic (exact) mass is 1440 g/mol. The van der Waals surface area contributed by atoms with Crippen LogP contribution in [0, 0.1) is 23.7 Å². The number of hydrogen-bond acceptors (Lipinski definition) is 16. The number of hydrogen-bond donors (Lipinski definition) is 4. The third-order valence-corrected chi connectivity index (χ3v) is 21.9. The Morgan fingerprint density at radius 1 is 0.361 bits per heavy atom. The highest BCUT2D eigenvalue weighted by molar-refractivity contribution is 6.18. The molecule has 0 saturated carbocycles. The number of fused-ring (bicyclic) bond motifs is 8. The van der Waals surface area contributed by atoms with Crippen LogP contribution in [0.4, 0.5) is 22.7 Å². The molecule has 8 aliphatic rings. The Bertz CT molecular complexity index is 4970. The number of amides is 4. The maximum absolute atomic E-state index is 12.8. The minimum absolute atomic E-state index is 0.0167. The van der Waals surface area contributed by atoms with Gasteiger partial charge in [-0.25, -0.2) is 0 Å². The molecule has 4 N–H and O–H groups in total. The van der Waals surface area contributed by atoms with Crippen LogP contribution in [0.25, 0.3) is 0 Å². The lowest BCUT2D eigenvalue weighted by Crippen LogP contribution is -2.28. The number of aryl methyl sites for hydroxylation is 6. The van der Waals surface area contributed by atoms with E-state index < -0.39 is 0 Å². The van der Waals surface area contributed by atoms with Gasteiger partial charge in [-0.2, -0.15) is 20.4 Å². The average molecular weight is 1440 g/mol. The largest absolute Gasteiger partial charge is 0.472 e. The van der Waals surface area contributed by atoms with Crippen LogP contribution in [0.5, 0.6) is 0 Å². The summed E-state index contributed by atoms with van der Waals surface area (Å²) in [6.07, 6.45) is 31.1. The van der Waals surface area contributed by atoms with Crippen LogP contribution in [-0.2, 0) is 125 Å². The Morgan fingerprint density at radius 3 is 0.935 bits per heavy atom. The van der Waals surface area contributed by atoms with Gasteiger partial charge in [-0.05, 0) is 194 Å². The Kier molecular flexibility index (Phi) is 18.6. The van der Waals surface area contributed by atoms with Crippen molar-refractivity contribution in [3.8, 4) is 0 Å². The number of rotatable bonds is 12. The van der Waals surface area contributed by atoms with Crippen molar-refractivity contribution in [3.63, 3.8) is 0 Å². The number of carbonyl (C=O) groups is 4. The summed E-state index contributed by atoms with van der Waals surface area (Å²) in [7, 11) is 7.78. The summed E-state index contributed by atoms with van der Waals surface area (Å²) in [6.45, 7) is 2.65. The molecule has 544 valence electrons. The van der Waals surface area contributed by atoms with E-state index in [4.69, 9.17) is 17.7 Å². The summed E-state index contributed by atoms with van der Waals surface area (Å²) in [5, 5.41) is 30.0. The Balaban J connectivity index is 0.000000105. The second-order valence-electron chi connectivity index (χ2n) is 28.9. The number of aliphatic imine (C=N–C) groups is 4. The first kappa shape index (κ1) is 68.5. The van der Waals surface area contributed by atoms with E-state index in [-0.39, 0.29) is 47.3 Å². The van der Waals surface area contributed by atoms with Crippen LogP contribution in [0.2, 0.25) is 0 Å². The summed E-state index contributed by atoms with van der Waals surface area (Å²) >= 11 is 0. The molecule has 24 nitrogen and oxygen atoms in total. The highest BCUT2D eigenvalue weighted by atomic mass is 16.3. The zero-order valence-electron chi connectivity index (χ0n) is 60.4. The SMILES string of the molecule is Cn1cc2c(n1)CC[C@@H](C(=O)Nc1ccc3c(c1)C(c1ccoc1)=NC3)C2.Cn1cc2c(n1)CC[C@H](C(=O)Nc1ccc3c(c1)C(c1ccoc1)=NC3)C2.Cn1ncc2c1CC[C@@H](C(=O)Nc1ccc3c(c1)C(c1ccoc1)=NC3)C2.Cn1ncc2c1CC[C@H](C(=O)Nc1ccc3c(c1)C(c1ccoc1)=NC3)C2. The number of nitrogens with zero attached hydrogens (tertiary/aromatic N) is 12. The lowest BCUT2D eigenvalue weighted by atomic mass is 9.87. The zero-order chi connectivity index (χ0) is 73.5. The topological polar surface area (TPSA) is 290 Å². The lowest BCUT2D eigenvalue weighted by molar-refractivity contribution is -0.121. The average Bonchev–Trinajstić information content (AvgIpc) is 1.65. The minimum atomic E-state index is -0.0167. The van der Waals surface area contributed by atoms with E-state index in [0.29, 0.717) is 26.2 Å². The van der Waals surface area contributed by atoms with Crippen LogP contribution in [0.3, 0.4) is 0 Å². The van der Waals surface area contributed by atoms with Crippen molar-refractivity contribution in [2.24, 2.45) is 71.8 Å². The van der Waals surface area contributed by atoms with E-state index in [2.05, 4.69) is 61.6 Å². The van der Waals surface area contributed by atoms with Gasteiger partial charge in [0.15, 0.2) is 0 Å². The van der Waals surface area contributed by atoms with Crippen molar-refractivity contribution in [2.45, 2.75) is 103 Å². The van der Waals surface area contributed by atoms with Gasteiger partial charge >= 0.3 is 0 Å². The maximum Gasteiger partial charge on any atom is 0.227 e. The second-order valence-corrected chi connectivity index (χ2v) is 28.9. The van der Waals surface area contributed by atoms with E-state index in [1.807, 2.05) is 169 Å². The molecule has 4 aliphatic heterocycles. The molecule has 0 saturated heterocycles. The number of aromatic nitrogens is 8. The minimum Gasteiger partial charge on any atom is -0.472 e. The van der Waals surface area contributed by atoms with Gasteiger partial charge in [-0.15, -0.1) is 0 Å². The van der Waals surface area contributed by atoms with Gasteiger partial charge in [0.2, 0.25) is 23.6 Å². The van der Waals surface area contributed by atoms with E-state index in [0.717, 1.165) is 179 Å². The predicted molar refractivity (Wildman–Crippen MR) is 407 cm³/mol. The molecular weight excluding hydrogens is 1360 g/mol. The molecule has 24 heteroatoms. The second kappa shape index (κ2) is 29.4. The normalized spacial score (nSPS) is 18.0. The molecule has 4 aliphatic carbocycles. The van der Waals surface area contributed by atoms with Gasteiger partial charge in [0.05, 0.1) is 123 Å². The van der Waals surface area contributed by atoms with Gasteiger partial charge in [-0.3, -0.25) is 57.9 Å². The van der Waals surface area contributed by atoms with E-state index in [1.165, 1.54) is 55.9 Å². The molecule has 0 bridgehead atoms. The molecule has 4 atom stereocenters. The first-order valence-electron chi connectivity index (χ1n) is 36.8. The molecular formula is C84H80N16O8. The van der Waals surface area contributed by atoms with Crippen molar-refractivity contribution in [3.05, 3.63) is 284 Å². The zero-order valence-corrected chi connectivity index (χ0v) is 60.4. The molecule has 8 aromatic heterocycles. The molecule has 4 amide bonds. The Labute approximate surface area is 622 Å². The van der Waals surface area contributed by atoms with Crippen molar-refractivity contribution in [2.75, 3.05) is 21.3 Å². The molecule has 108 heavy (non-hydrogen) atoms. The number of furan rings is 4. The highest BCUT2D eigenvalue weighted by Gasteiger charge is 2.33. The van der Waals surface area contributed by atoms with Gasteiger partial charge in [0, 0.05) is 143 Å². The first-order valence-corrected chi connectivity index (χ1v) is 36.8. The fraction of sp³-hybridized carbons (Fsp3) is 0.286. The van der Waals surface area contributed by atoms with Crippen molar-refractivity contribution < 1.29 is 36.8 Å². The Hall–Kier alpha value is -12.6. The predicted octanol–water partition coefficient (Wildman–Crippen LogP) is 12.4. The van der Waals surface area contributed by atoms with Crippen LogP contribution in [0.15, 0.2) is 210 Å². The maximum atomic E-state index is 12.8. The van der Waals surface area contributed by atoms with Gasteiger partial charge in [0.25, 0.3) is 0 Å². The van der Waals surface area contributed by atoms with E-state index in [1.54, 1.807) is 50.1 Å². The highest BCUT2D eigenvalue weighted by Crippen LogP contribution is 2.35. The molecule has 0 unspecified atom stereocenters. The summed E-state index contributed by atoms with van der Waals surface area (Å²) in [5.41, 5.74) is 29.2. The van der Waals surface area contributed by atoms with Crippen LogP contribution in [0.1, 0.15) is 137 Å². The number of benzene rings is 4. The molecule has 20 rings (SSSR count). The summed E-state index contributed by atoms with van der Waals surface area (Å²) in [6, 6.07) is 31.7. The molecule has 0 spiro atoms. The third-order valence-electron chi connectivity index (χ3n) is 21.9. The van der Waals surface area contributed by atoms with Crippen molar-refractivity contribution >= 4 is 69.2 Å². The third kappa shape index (κ3) is 14.1. The molecule has 0 fully saturated rings. The summed E-state index contributed by atoms with van der Waals surface area (Å²) < 4.78 is 28.3. The first-order chi connectivity index (χ1) is 52.7. The van der Waals surface area contributed by atoms with Crippen molar-refractivity contribution in [1.29, 1.82) is 0 Å². The fourth-order valence-electron chi connectivity index (χ4n) is 16.1. The number of anilines is 4.